The predicted molar refractivity (Wildman–Crippen MR) is 124 cm³/mol. The van der Waals surface area contributed by atoms with Gasteiger partial charge in [0.15, 0.2) is 0 Å². The first kappa shape index (κ1) is 22.7. The number of hydrogen-bond acceptors (Lipinski definition) is 7. The van der Waals surface area contributed by atoms with Gasteiger partial charge in [0.05, 0.1) is 13.2 Å². The monoisotopic (exact) mass is 444 g/mol. The van der Waals surface area contributed by atoms with Gasteiger partial charge in [0, 0.05) is 24.5 Å². The maximum absolute atomic E-state index is 13.2. The summed E-state index contributed by atoms with van der Waals surface area (Å²) in [5.41, 5.74) is 2.86. The van der Waals surface area contributed by atoms with E-state index in [2.05, 4.69) is 56.5 Å². The maximum Gasteiger partial charge on any atom is 0.233 e. The van der Waals surface area contributed by atoms with Gasteiger partial charge in [0.25, 0.3) is 0 Å². The number of morpholine rings is 1. The summed E-state index contributed by atoms with van der Waals surface area (Å²) in [4.78, 5) is 15.7. The van der Waals surface area contributed by atoms with Crippen molar-refractivity contribution in [1.29, 1.82) is 0 Å². The molecule has 0 aliphatic carbocycles. The molecule has 1 aromatic heterocycles. The van der Waals surface area contributed by atoms with E-state index >= 15 is 0 Å². The molecule has 0 bridgehead atoms. The summed E-state index contributed by atoms with van der Waals surface area (Å²) in [6.07, 6.45) is 0. The predicted octanol–water partition coefficient (Wildman–Crippen LogP) is 4.88. The fourth-order valence-corrected chi connectivity index (χ4v) is 3.12. The lowest BCUT2D eigenvalue weighted by atomic mass is 10.0. The Balaban J connectivity index is 0.00000272. The smallest absolute Gasteiger partial charge is 0.233 e. The largest absolute Gasteiger partial charge is 0.378 e. The van der Waals surface area contributed by atoms with Crippen molar-refractivity contribution >= 4 is 41.6 Å². The van der Waals surface area contributed by atoms with Crippen molar-refractivity contribution in [2.24, 2.45) is 0 Å². The highest BCUT2D eigenvalue weighted by Gasteiger charge is 2.17. The molecular weight excluding hydrogens is 419 g/mol. The number of anilines is 5. The standard InChI is InChI=1S/C22H25FN6O.ClH/c1-15(2)16-3-7-18(8-4-16)24-20-26-21(25-19-9-5-17(23)6-10-19)28-22(27-20)29-11-13-30-14-12-29;/h3-10,15H,11-14H2,1-2H3,(H2,24,25,26,27,28);1H. The van der Waals surface area contributed by atoms with Gasteiger partial charge in [-0.1, -0.05) is 26.0 Å². The van der Waals surface area contributed by atoms with Crippen molar-refractivity contribution in [3.05, 3.63) is 59.9 Å². The molecule has 0 unspecified atom stereocenters. The van der Waals surface area contributed by atoms with Crippen LogP contribution in [0.1, 0.15) is 25.3 Å². The first-order valence-corrected chi connectivity index (χ1v) is 10.1. The summed E-state index contributed by atoms with van der Waals surface area (Å²) in [6.45, 7) is 7.01. The molecule has 0 radical (unpaired) electrons. The average molecular weight is 445 g/mol. The van der Waals surface area contributed by atoms with E-state index in [9.17, 15) is 4.39 Å². The van der Waals surface area contributed by atoms with E-state index in [1.807, 2.05) is 12.1 Å². The molecule has 4 rings (SSSR count). The molecule has 7 nitrogen and oxygen atoms in total. The van der Waals surface area contributed by atoms with Crippen LogP contribution in [0.3, 0.4) is 0 Å². The Kier molecular flexibility index (Phi) is 7.59. The molecule has 31 heavy (non-hydrogen) atoms. The summed E-state index contributed by atoms with van der Waals surface area (Å²) < 4.78 is 18.7. The number of halogens is 2. The van der Waals surface area contributed by atoms with Gasteiger partial charge in [-0.15, -0.1) is 12.4 Å². The fourth-order valence-electron chi connectivity index (χ4n) is 3.12. The molecule has 2 N–H and O–H groups in total. The van der Waals surface area contributed by atoms with Crippen LogP contribution in [0.4, 0.5) is 33.6 Å². The van der Waals surface area contributed by atoms with Gasteiger partial charge in [-0.05, 0) is 47.9 Å². The van der Waals surface area contributed by atoms with Gasteiger partial charge in [0.1, 0.15) is 5.82 Å². The van der Waals surface area contributed by atoms with Crippen molar-refractivity contribution in [2.45, 2.75) is 19.8 Å². The first-order valence-electron chi connectivity index (χ1n) is 10.1. The summed E-state index contributed by atoms with van der Waals surface area (Å²) >= 11 is 0. The molecule has 164 valence electrons. The van der Waals surface area contributed by atoms with E-state index in [4.69, 9.17) is 4.74 Å². The molecule has 2 heterocycles. The van der Waals surface area contributed by atoms with Crippen LogP contribution in [0.5, 0.6) is 0 Å². The zero-order valence-corrected chi connectivity index (χ0v) is 18.3. The van der Waals surface area contributed by atoms with E-state index < -0.39 is 0 Å². The second-order valence-electron chi connectivity index (χ2n) is 7.42. The van der Waals surface area contributed by atoms with E-state index in [1.165, 1.54) is 17.7 Å². The summed E-state index contributed by atoms with van der Waals surface area (Å²) in [5, 5.41) is 6.40. The SMILES string of the molecule is CC(C)c1ccc(Nc2nc(Nc3ccc(F)cc3)nc(N3CCOCC3)n2)cc1.Cl. The lowest BCUT2D eigenvalue weighted by molar-refractivity contribution is 0.122. The zero-order chi connectivity index (χ0) is 20.9. The fraction of sp³-hybridized carbons (Fsp3) is 0.318. The third-order valence-electron chi connectivity index (χ3n) is 4.85. The maximum atomic E-state index is 13.2. The topological polar surface area (TPSA) is 75.2 Å². The molecule has 2 aromatic carbocycles. The molecule has 1 saturated heterocycles. The summed E-state index contributed by atoms with van der Waals surface area (Å²) in [7, 11) is 0. The van der Waals surface area contributed by atoms with E-state index in [0.29, 0.717) is 55.8 Å². The number of nitrogens with one attached hydrogen (secondary N) is 2. The van der Waals surface area contributed by atoms with Crippen molar-refractivity contribution < 1.29 is 9.13 Å². The normalized spacial score (nSPS) is 13.6. The van der Waals surface area contributed by atoms with Crippen LogP contribution in [-0.2, 0) is 4.74 Å². The van der Waals surface area contributed by atoms with Crippen LogP contribution in [-0.4, -0.2) is 41.3 Å². The van der Waals surface area contributed by atoms with Crippen molar-refractivity contribution in [3.8, 4) is 0 Å². The van der Waals surface area contributed by atoms with Crippen LogP contribution >= 0.6 is 12.4 Å². The second kappa shape index (κ2) is 10.4. The average Bonchev–Trinajstić information content (AvgIpc) is 2.76. The first-order chi connectivity index (χ1) is 14.6. The second-order valence-corrected chi connectivity index (χ2v) is 7.42. The Hall–Kier alpha value is -2.97. The number of benzene rings is 2. The Morgan fingerprint density at radius 2 is 1.35 bits per heavy atom. The lowest BCUT2D eigenvalue weighted by Crippen LogP contribution is -2.37. The Morgan fingerprint density at radius 1 is 0.839 bits per heavy atom. The molecule has 0 spiro atoms. The zero-order valence-electron chi connectivity index (χ0n) is 17.5. The number of nitrogens with zero attached hydrogens (tertiary/aromatic N) is 4. The van der Waals surface area contributed by atoms with Crippen molar-refractivity contribution in [2.75, 3.05) is 41.8 Å². The minimum atomic E-state index is -0.294. The third-order valence-corrected chi connectivity index (χ3v) is 4.85. The molecule has 0 saturated carbocycles. The van der Waals surface area contributed by atoms with Gasteiger partial charge < -0.3 is 20.3 Å². The highest BCUT2D eigenvalue weighted by molar-refractivity contribution is 5.85. The number of aromatic nitrogens is 3. The minimum Gasteiger partial charge on any atom is -0.378 e. The van der Waals surface area contributed by atoms with Crippen LogP contribution in [0.15, 0.2) is 48.5 Å². The number of rotatable bonds is 6. The molecule has 1 aliphatic heterocycles. The highest BCUT2D eigenvalue weighted by atomic mass is 35.5. The highest BCUT2D eigenvalue weighted by Crippen LogP contribution is 2.23. The molecule has 9 heteroatoms. The molecule has 1 aliphatic rings. The summed E-state index contributed by atoms with van der Waals surface area (Å²) in [5.74, 6) is 1.57. The molecule has 3 aromatic rings. The van der Waals surface area contributed by atoms with Crippen LogP contribution in [0.25, 0.3) is 0 Å². The number of hydrogen-bond donors (Lipinski definition) is 2. The van der Waals surface area contributed by atoms with Crippen molar-refractivity contribution in [3.63, 3.8) is 0 Å². The molecule has 1 fully saturated rings. The van der Waals surface area contributed by atoms with Gasteiger partial charge in [-0.2, -0.15) is 15.0 Å². The van der Waals surface area contributed by atoms with Gasteiger partial charge in [-0.3, -0.25) is 0 Å². The van der Waals surface area contributed by atoms with Gasteiger partial charge in [0.2, 0.25) is 17.8 Å². The van der Waals surface area contributed by atoms with Gasteiger partial charge >= 0.3 is 0 Å². The Labute approximate surface area is 187 Å². The molecule has 0 amide bonds. The van der Waals surface area contributed by atoms with E-state index in [0.717, 1.165) is 5.69 Å². The van der Waals surface area contributed by atoms with Crippen LogP contribution in [0, 0.1) is 5.82 Å². The minimum absolute atomic E-state index is 0. The lowest BCUT2D eigenvalue weighted by Gasteiger charge is -2.27. The molecular formula is C22H26ClFN6O. The Bertz CT molecular complexity index is 978. The summed E-state index contributed by atoms with van der Waals surface area (Å²) in [6, 6.07) is 14.3. The van der Waals surface area contributed by atoms with Crippen molar-refractivity contribution in [1.82, 2.24) is 15.0 Å². The van der Waals surface area contributed by atoms with E-state index in [1.54, 1.807) is 12.1 Å². The molecule has 0 atom stereocenters. The number of ether oxygens (including phenoxy) is 1. The van der Waals surface area contributed by atoms with Crippen LogP contribution in [0.2, 0.25) is 0 Å². The quantitative estimate of drug-likeness (QED) is 0.561. The van der Waals surface area contributed by atoms with Crippen LogP contribution < -0.4 is 15.5 Å². The van der Waals surface area contributed by atoms with Gasteiger partial charge in [-0.25, -0.2) is 4.39 Å². The Morgan fingerprint density at radius 3 is 1.87 bits per heavy atom. The third kappa shape index (κ3) is 6.02. The van der Waals surface area contributed by atoms with E-state index in [-0.39, 0.29) is 18.2 Å².